The zero-order chi connectivity index (χ0) is 5.86. The van der Waals surface area contributed by atoms with E-state index < -0.39 is 0 Å². The van der Waals surface area contributed by atoms with Gasteiger partial charge in [0.2, 0.25) is 0 Å². The van der Waals surface area contributed by atoms with Crippen LogP contribution in [-0.2, 0) is 0 Å². The minimum atomic E-state index is 0.778. The highest BCUT2D eigenvalue weighted by atomic mass is 14.9. The Morgan fingerprint density at radius 3 is 1.57 bits per heavy atom. The lowest BCUT2D eigenvalue weighted by atomic mass is 10.1. The van der Waals surface area contributed by atoms with Gasteiger partial charge in [-0.15, -0.1) is 0 Å². The molecule has 0 aromatic carbocycles. The molecule has 0 radical (unpaired) electrons. The monoisotopic (exact) mass is 102 g/mol. The maximum atomic E-state index is 2.24. The average molecular weight is 102 g/mol. The van der Waals surface area contributed by atoms with Crippen LogP contribution < -0.4 is 5.32 Å². The number of nitrogens with two attached hydrogens (primary N) is 1. The van der Waals surface area contributed by atoms with Crippen LogP contribution in [-0.4, -0.2) is 13.1 Å². The molecule has 0 aliphatic rings. The predicted octanol–water partition coefficient (Wildman–Crippen LogP) is 0.224. The molecule has 1 atom stereocenters. The van der Waals surface area contributed by atoms with Crippen LogP contribution in [0.15, 0.2) is 0 Å². The normalized spacial score (nSPS) is 15.0. The maximum Gasteiger partial charge on any atom is 0.0851 e. The molecule has 0 spiro atoms. The third-order valence-corrected chi connectivity index (χ3v) is 1.58. The molecule has 0 aliphatic carbocycles. The maximum absolute atomic E-state index is 2.24. The summed E-state index contributed by atoms with van der Waals surface area (Å²) in [6.07, 6.45) is 0. The Bertz CT molecular complexity index is 41.4. The highest BCUT2D eigenvalue weighted by Crippen LogP contribution is 1.92. The Kier molecular flexibility index (Phi) is 3.01. The molecule has 0 heterocycles. The molecule has 0 fully saturated rings. The van der Waals surface area contributed by atoms with E-state index in [4.69, 9.17) is 0 Å². The van der Waals surface area contributed by atoms with Crippen molar-refractivity contribution in [3.05, 3.63) is 0 Å². The fourth-order valence-corrected chi connectivity index (χ4v) is 0.385. The second-order valence-corrected chi connectivity index (χ2v) is 2.44. The molecule has 0 aromatic rings. The first-order chi connectivity index (χ1) is 3.18. The first-order valence-corrected chi connectivity index (χ1v) is 2.98. The third kappa shape index (κ3) is 2.63. The Hall–Kier alpha value is -0.0400. The Morgan fingerprint density at radius 2 is 1.57 bits per heavy atom. The Balaban J connectivity index is 3.14. The van der Waals surface area contributed by atoms with Gasteiger partial charge in [0.1, 0.15) is 0 Å². The molecule has 0 saturated carbocycles. The van der Waals surface area contributed by atoms with Crippen molar-refractivity contribution < 1.29 is 5.32 Å². The van der Waals surface area contributed by atoms with Crippen LogP contribution in [0, 0.1) is 5.92 Å². The average Bonchev–Trinajstić information content (AvgIpc) is 1.65. The smallest absolute Gasteiger partial charge is 0.0851 e. The summed E-state index contributed by atoms with van der Waals surface area (Å²) in [5.74, 6) is 0.810. The van der Waals surface area contributed by atoms with E-state index in [9.17, 15) is 0 Å². The lowest BCUT2D eigenvalue weighted by Gasteiger charge is -2.09. The molecule has 0 bridgehead atoms. The molecular weight excluding hydrogens is 86.1 g/mol. The highest BCUT2D eigenvalue weighted by molar-refractivity contribution is 4.47. The highest BCUT2D eigenvalue weighted by Gasteiger charge is 2.04. The first-order valence-electron chi connectivity index (χ1n) is 2.98. The summed E-state index contributed by atoms with van der Waals surface area (Å²) in [6.45, 7) is 6.72. The number of hydrogen-bond donors (Lipinski definition) is 1. The number of quaternary nitrogens is 1. The van der Waals surface area contributed by atoms with Gasteiger partial charge >= 0.3 is 0 Å². The van der Waals surface area contributed by atoms with Gasteiger partial charge in [-0.3, -0.25) is 0 Å². The van der Waals surface area contributed by atoms with Crippen LogP contribution in [0.25, 0.3) is 0 Å². The largest absolute Gasteiger partial charge is 0.346 e. The van der Waals surface area contributed by atoms with Gasteiger partial charge in [-0.1, -0.05) is 13.8 Å². The van der Waals surface area contributed by atoms with E-state index in [0.717, 1.165) is 12.0 Å². The predicted molar refractivity (Wildman–Crippen MR) is 32.1 cm³/mol. The fraction of sp³-hybridized carbons (Fsp3) is 1.00. The Labute approximate surface area is 46.1 Å². The summed E-state index contributed by atoms with van der Waals surface area (Å²) in [5.41, 5.74) is 0. The molecule has 1 heteroatoms. The van der Waals surface area contributed by atoms with Gasteiger partial charge in [0.05, 0.1) is 13.1 Å². The van der Waals surface area contributed by atoms with Crippen LogP contribution in [0.4, 0.5) is 0 Å². The standard InChI is InChI=1S/C6H15N/c1-5(2)6(3)7-4/h5-7H,1-4H3/p+1. The second-order valence-electron chi connectivity index (χ2n) is 2.44. The second kappa shape index (κ2) is 3.03. The van der Waals surface area contributed by atoms with Gasteiger partial charge in [-0.25, -0.2) is 0 Å². The molecular formula is C6H16N+. The molecule has 2 N–H and O–H groups in total. The van der Waals surface area contributed by atoms with Crippen molar-refractivity contribution in [2.75, 3.05) is 7.05 Å². The van der Waals surface area contributed by atoms with E-state index in [1.807, 2.05) is 0 Å². The SMILES string of the molecule is C[NH2+]C(C)C(C)C. The topological polar surface area (TPSA) is 16.6 Å². The molecule has 1 unspecified atom stereocenters. The third-order valence-electron chi connectivity index (χ3n) is 1.58. The summed E-state index contributed by atoms with van der Waals surface area (Å²) in [6, 6.07) is 0.778. The molecule has 0 aromatic heterocycles. The fourth-order valence-electron chi connectivity index (χ4n) is 0.385. The van der Waals surface area contributed by atoms with Crippen LogP contribution in [0.1, 0.15) is 20.8 Å². The molecule has 0 rings (SSSR count). The van der Waals surface area contributed by atoms with Crippen molar-refractivity contribution in [2.24, 2.45) is 5.92 Å². The zero-order valence-corrected chi connectivity index (χ0v) is 5.73. The minimum Gasteiger partial charge on any atom is -0.346 e. The zero-order valence-electron chi connectivity index (χ0n) is 5.73. The van der Waals surface area contributed by atoms with Crippen molar-refractivity contribution in [3.63, 3.8) is 0 Å². The molecule has 0 aliphatic heterocycles. The van der Waals surface area contributed by atoms with Crippen molar-refractivity contribution in [3.8, 4) is 0 Å². The van der Waals surface area contributed by atoms with E-state index in [0.29, 0.717) is 0 Å². The summed E-state index contributed by atoms with van der Waals surface area (Å²) < 4.78 is 0. The molecule has 44 valence electrons. The lowest BCUT2D eigenvalue weighted by molar-refractivity contribution is -0.666. The van der Waals surface area contributed by atoms with E-state index >= 15 is 0 Å². The quantitative estimate of drug-likeness (QED) is 0.514. The van der Waals surface area contributed by atoms with E-state index in [1.54, 1.807) is 0 Å². The molecule has 0 saturated heterocycles. The molecule has 1 nitrogen and oxygen atoms in total. The van der Waals surface area contributed by atoms with Crippen LogP contribution >= 0.6 is 0 Å². The lowest BCUT2D eigenvalue weighted by Crippen LogP contribution is -2.86. The summed E-state index contributed by atoms with van der Waals surface area (Å²) in [4.78, 5) is 0. The van der Waals surface area contributed by atoms with Gasteiger partial charge in [-0.05, 0) is 6.92 Å². The van der Waals surface area contributed by atoms with Crippen LogP contribution in [0.5, 0.6) is 0 Å². The van der Waals surface area contributed by atoms with E-state index in [-0.39, 0.29) is 0 Å². The van der Waals surface area contributed by atoms with Gasteiger partial charge < -0.3 is 5.32 Å². The van der Waals surface area contributed by atoms with Crippen LogP contribution in [0.3, 0.4) is 0 Å². The Morgan fingerprint density at radius 1 is 1.14 bits per heavy atom. The number of hydrogen-bond acceptors (Lipinski definition) is 0. The van der Waals surface area contributed by atoms with Gasteiger partial charge in [0.15, 0.2) is 0 Å². The van der Waals surface area contributed by atoms with Crippen molar-refractivity contribution in [1.82, 2.24) is 0 Å². The molecule has 0 amide bonds. The van der Waals surface area contributed by atoms with Crippen molar-refractivity contribution in [1.29, 1.82) is 0 Å². The van der Waals surface area contributed by atoms with Crippen molar-refractivity contribution in [2.45, 2.75) is 26.8 Å². The van der Waals surface area contributed by atoms with E-state index in [1.165, 1.54) is 0 Å². The molecule has 7 heavy (non-hydrogen) atoms. The van der Waals surface area contributed by atoms with Crippen molar-refractivity contribution >= 4 is 0 Å². The minimum absolute atomic E-state index is 0.778. The summed E-state index contributed by atoms with van der Waals surface area (Å²) >= 11 is 0. The van der Waals surface area contributed by atoms with Gasteiger partial charge in [0, 0.05) is 5.92 Å². The summed E-state index contributed by atoms with van der Waals surface area (Å²) in [7, 11) is 2.12. The van der Waals surface area contributed by atoms with Gasteiger partial charge in [-0.2, -0.15) is 0 Å². The van der Waals surface area contributed by atoms with E-state index in [2.05, 4.69) is 33.1 Å². The number of rotatable bonds is 2. The first kappa shape index (κ1) is 6.96. The van der Waals surface area contributed by atoms with Gasteiger partial charge in [0.25, 0.3) is 0 Å². The van der Waals surface area contributed by atoms with Crippen LogP contribution in [0.2, 0.25) is 0 Å². The summed E-state index contributed by atoms with van der Waals surface area (Å²) in [5, 5.41) is 2.24.